The van der Waals surface area contributed by atoms with Crippen molar-refractivity contribution in [2.75, 3.05) is 38.8 Å². The third-order valence-electron chi connectivity index (χ3n) is 5.32. The van der Waals surface area contributed by atoms with Gasteiger partial charge in [0.05, 0.1) is 29.5 Å². The maximum atomic E-state index is 12.5. The molecule has 0 spiro atoms. The smallest absolute Gasteiger partial charge is 0.240 e. The van der Waals surface area contributed by atoms with E-state index in [1.165, 1.54) is 24.3 Å². The summed E-state index contributed by atoms with van der Waals surface area (Å²) in [6.07, 6.45) is -7.07. The van der Waals surface area contributed by atoms with Gasteiger partial charge in [-0.1, -0.05) is 0 Å². The third-order valence-corrected chi connectivity index (χ3v) is 6.80. The number of ether oxygens (including phenoxy) is 2. The van der Waals surface area contributed by atoms with Crippen molar-refractivity contribution >= 4 is 27.1 Å². The molecule has 1 saturated heterocycles. The summed E-state index contributed by atoms with van der Waals surface area (Å²) in [6.45, 7) is -0.932. The van der Waals surface area contributed by atoms with E-state index >= 15 is 0 Å². The van der Waals surface area contributed by atoms with Crippen molar-refractivity contribution in [3.05, 3.63) is 48.5 Å². The molecule has 1 heterocycles. The number of rotatable bonds is 10. The Bertz CT molecular complexity index is 1080. The van der Waals surface area contributed by atoms with E-state index < -0.39 is 47.3 Å². The van der Waals surface area contributed by atoms with Gasteiger partial charge in [-0.2, -0.15) is 10.2 Å². The van der Waals surface area contributed by atoms with Gasteiger partial charge < -0.3 is 34.8 Å². The van der Waals surface area contributed by atoms with Crippen molar-refractivity contribution in [3.8, 4) is 0 Å². The Kier molecular flexibility index (Phi) is 9.27. The molecule has 0 unspecified atom stereocenters. The Balaban J connectivity index is 1.51. The summed E-state index contributed by atoms with van der Waals surface area (Å²) in [4.78, 5) is 1.98. The topological polar surface area (TPSA) is 174 Å². The van der Waals surface area contributed by atoms with Crippen LogP contribution in [0.2, 0.25) is 0 Å². The molecule has 192 valence electrons. The lowest BCUT2D eigenvalue weighted by Crippen LogP contribution is -2.59. The highest BCUT2D eigenvalue weighted by Crippen LogP contribution is 2.23. The maximum Gasteiger partial charge on any atom is 0.240 e. The van der Waals surface area contributed by atoms with Crippen LogP contribution in [0.1, 0.15) is 0 Å². The van der Waals surface area contributed by atoms with Crippen molar-refractivity contribution < 1.29 is 38.3 Å². The van der Waals surface area contributed by atoms with Crippen molar-refractivity contribution in [3.63, 3.8) is 0 Å². The van der Waals surface area contributed by atoms with E-state index in [9.17, 15) is 28.8 Å². The molecule has 2 aromatic carbocycles. The fourth-order valence-electron chi connectivity index (χ4n) is 3.26. The molecule has 5 N–H and O–H groups in total. The Morgan fingerprint density at radius 1 is 0.943 bits per heavy atom. The van der Waals surface area contributed by atoms with Crippen LogP contribution in [-0.4, -0.2) is 93.4 Å². The van der Waals surface area contributed by atoms with E-state index in [0.29, 0.717) is 11.4 Å². The summed E-state index contributed by atoms with van der Waals surface area (Å²) in [7, 11) is 0.0291. The first kappa shape index (κ1) is 27.1. The Morgan fingerprint density at radius 3 is 2.06 bits per heavy atom. The molecule has 0 bridgehead atoms. The van der Waals surface area contributed by atoms with Gasteiger partial charge in [-0.3, -0.25) is 0 Å². The highest BCUT2D eigenvalue weighted by Gasteiger charge is 2.43. The summed E-state index contributed by atoms with van der Waals surface area (Å²) < 4.78 is 37.9. The van der Waals surface area contributed by atoms with Crippen LogP contribution in [0, 0.1) is 0 Å². The molecule has 0 aliphatic carbocycles. The molecule has 1 aliphatic rings. The minimum Gasteiger partial charge on any atom is -0.394 e. The van der Waals surface area contributed by atoms with Gasteiger partial charge >= 0.3 is 0 Å². The van der Waals surface area contributed by atoms with E-state index in [1.807, 2.05) is 43.3 Å². The molecule has 5 atom stereocenters. The fraction of sp³-hybridized carbons (Fsp3) is 0.455. The van der Waals surface area contributed by atoms with Gasteiger partial charge in [0, 0.05) is 26.3 Å². The minimum atomic E-state index is -3.85. The Labute approximate surface area is 203 Å². The summed E-state index contributed by atoms with van der Waals surface area (Å²) in [5, 5.41) is 46.9. The SMILES string of the molecule is CN(C)c1ccc(N=Nc2ccc(S(=O)(=O)NCCO[C@@H]3O[C@H](CO)[C@@H](O)[C@H](O)[C@H]3O)cc2)cc1. The molecule has 0 radical (unpaired) electrons. The summed E-state index contributed by atoms with van der Waals surface area (Å²) in [6, 6.07) is 13.3. The van der Waals surface area contributed by atoms with Crippen LogP contribution in [-0.2, 0) is 19.5 Å². The van der Waals surface area contributed by atoms with Crippen LogP contribution < -0.4 is 9.62 Å². The molecule has 0 aromatic heterocycles. The lowest BCUT2D eigenvalue weighted by atomic mass is 9.99. The molecule has 12 nitrogen and oxygen atoms in total. The van der Waals surface area contributed by atoms with Crippen molar-refractivity contribution in [1.82, 2.24) is 4.72 Å². The van der Waals surface area contributed by atoms with Gasteiger partial charge in [0.25, 0.3) is 0 Å². The number of anilines is 1. The van der Waals surface area contributed by atoms with Crippen molar-refractivity contribution in [1.29, 1.82) is 0 Å². The zero-order valence-corrected chi connectivity index (χ0v) is 20.1. The first-order chi connectivity index (χ1) is 16.6. The summed E-state index contributed by atoms with van der Waals surface area (Å²) in [5.41, 5.74) is 2.17. The van der Waals surface area contributed by atoms with E-state index in [-0.39, 0.29) is 18.0 Å². The molecule has 1 aliphatic heterocycles. The molecular weight excluding hydrogens is 480 g/mol. The zero-order valence-electron chi connectivity index (χ0n) is 19.3. The lowest BCUT2D eigenvalue weighted by molar-refractivity contribution is -0.300. The number of nitrogens with zero attached hydrogens (tertiary/aromatic N) is 3. The number of benzene rings is 2. The quantitative estimate of drug-likeness (QED) is 0.222. The Hall–Kier alpha value is -2.49. The van der Waals surface area contributed by atoms with Crippen LogP contribution in [0.5, 0.6) is 0 Å². The van der Waals surface area contributed by atoms with E-state index in [0.717, 1.165) is 5.69 Å². The van der Waals surface area contributed by atoms with E-state index in [2.05, 4.69) is 15.0 Å². The normalized spacial score (nSPS) is 25.1. The fourth-order valence-corrected chi connectivity index (χ4v) is 4.28. The highest BCUT2D eigenvalue weighted by atomic mass is 32.2. The molecule has 0 amide bonds. The molecule has 13 heteroatoms. The van der Waals surface area contributed by atoms with Gasteiger partial charge in [0.2, 0.25) is 10.0 Å². The van der Waals surface area contributed by atoms with E-state index in [1.54, 1.807) is 0 Å². The van der Waals surface area contributed by atoms with E-state index in [4.69, 9.17) is 9.47 Å². The van der Waals surface area contributed by atoms with Crippen molar-refractivity contribution in [2.24, 2.45) is 10.2 Å². The summed E-state index contributed by atoms with van der Waals surface area (Å²) >= 11 is 0. The average molecular weight is 511 g/mol. The lowest BCUT2D eigenvalue weighted by Gasteiger charge is -2.39. The van der Waals surface area contributed by atoms with Gasteiger partial charge in [0.1, 0.15) is 24.4 Å². The van der Waals surface area contributed by atoms with Gasteiger partial charge in [0.15, 0.2) is 6.29 Å². The van der Waals surface area contributed by atoms with Gasteiger partial charge in [-0.05, 0) is 48.5 Å². The standard InChI is InChI=1S/C22H30N4O8S/c1-26(2)16-7-3-14(4-8-16)24-25-15-5-9-17(10-6-15)35(31,32)23-11-12-33-22-21(30)20(29)19(28)18(13-27)34-22/h3-10,18-23,27-30H,11-13H2,1-2H3/t18-,19-,20+,21-,22-/m1/s1. The number of aliphatic hydroxyl groups is 4. The van der Waals surface area contributed by atoms with Gasteiger partial charge in [-0.15, -0.1) is 0 Å². The number of nitrogens with one attached hydrogen (secondary N) is 1. The number of aliphatic hydroxyl groups excluding tert-OH is 4. The van der Waals surface area contributed by atoms with Crippen LogP contribution in [0.15, 0.2) is 63.7 Å². The molecule has 3 rings (SSSR count). The monoisotopic (exact) mass is 510 g/mol. The second-order valence-corrected chi connectivity index (χ2v) is 9.84. The minimum absolute atomic E-state index is 0.0135. The van der Waals surface area contributed by atoms with Crippen LogP contribution >= 0.6 is 0 Å². The molecular formula is C22H30N4O8S. The van der Waals surface area contributed by atoms with Crippen LogP contribution in [0.4, 0.5) is 17.1 Å². The average Bonchev–Trinajstić information content (AvgIpc) is 2.85. The number of azo groups is 1. The number of sulfonamides is 1. The second-order valence-electron chi connectivity index (χ2n) is 8.07. The molecule has 2 aromatic rings. The third kappa shape index (κ3) is 7.02. The number of hydrogen-bond donors (Lipinski definition) is 5. The molecule has 0 saturated carbocycles. The first-order valence-corrected chi connectivity index (χ1v) is 12.3. The predicted molar refractivity (Wildman–Crippen MR) is 126 cm³/mol. The zero-order chi connectivity index (χ0) is 25.6. The maximum absolute atomic E-state index is 12.5. The first-order valence-electron chi connectivity index (χ1n) is 10.8. The predicted octanol–water partition coefficient (Wildman–Crippen LogP) is 0.263. The highest BCUT2D eigenvalue weighted by molar-refractivity contribution is 7.89. The molecule has 35 heavy (non-hydrogen) atoms. The molecule has 1 fully saturated rings. The largest absolute Gasteiger partial charge is 0.394 e. The van der Waals surface area contributed by atoms with Gasteiger partial charge in [-0.25, -0.2) is 13.1 Å². The Morgan fingerprint density at radius 2 is 1.51 bits per heavy atom. The number of hydrogen-bond acceptors (Lipinski definition) is 11. The van der Waals surface area contributed by atoms with Crippen LogP contribution in [0.25, 0.3) is 0 Å². The summed E-state index contributed by atoms with van der Waals surface area (Å²) in [5.74, 6) is 0. The second kappa shape index (κ2) is 12.0. The van der Waals surface area contributed by atoms with Crippen LogP contribution in [0.3, 0.4) is 0 Å². The van der Waals surface area contributed by atoms with Crippen molar-refractivity contribution in [2.45, 2.75) is 35.6 Å².